The Labute approximate surface area is 82.2 Å². The zero-order valence-corrected chi connectivity index (χ0v) is 7.79. The van der Waals surface area contributed by atoms with Crippen LogP contribution in [0.3, 0.4) is 0 Å². The minimum atomic E-state index is -0.443. The van der Waals surface area contributed by atoms with Crippen molar-refractivity contribution in [3.05, 3.63) is 42.2 Å². The van der Waals surface area contributed by atoms with E-state index < -0.39 is 5.82 Å². The Kier molecular flexibility index (Phi) is 3.40. The topological polar surface area (TPSA) is 43.1 Å². The lowest BCUT2D eigenvalue weighted by molar-refractivity contribution is 0.0984. The average molecular weight is 193 g/mol. The van der Waals surface area contributed by atoms with E-state index in [9.17, 15) is 9.18 Å². The second-order valence-electron chi connectivity index (χ2n) is 2.98. The number of hydrogen-bond donors (Lipinski definition) is 1. The Morgan fingerprint density at radius 3 is 2.93 bits per heavy atom. The summed E-state index contributed by atoms with van der Waals surface area (Å²) in [7, 11) is 0. The van der Waals surface area contributed by atoms with E-state index in [1.165, 1.54) is 18.2 Å². The maximum Gasteiger partial charge on any atom is 0.165 e. The molecule has 0 bridgehead atoms. The van der Waals surface area contributed by atoms with Crippen molar-refractivity contribution >= 4 is 11.5 Å². The lowest BCUT2D eigenvalue weighted by Gasteiger charge is -2.03. The van der Waals surface area contributed by atoms with Crippen LogP contribution in [0.25, 0.3) is 0 Å². The highest BCUT2D eigenvalue weighted by molar-refractivity contribution is 6.00. The van der Waals surface area contributed by atoms with Gasteiger partial charge in [-0.05, 0) is 24.6 Å². The highest BCUT2D eigenvalue weighted by Crippen LogP contribution is 2.16. The van der Waals surface area contributed by atoms with E-state index in [2.05, 4.69) is 6.58 Å². The molecular weight excluding hydrogens is 181 g/mol. The maximum absolute atomic E-state index is 12.8. The van der Waals surface area contributed by atoms with Gasteiger partial charge in [0.1, 0.15) is 5.82 Å². The number of benzene rings is 1. The second-order valence-corrected chi connectivity index (χ2v) is 2.98. The van der Waals surface area contributed by atoms with E-state index in [0.29, 0.717) is 18.5 Å². The van der Waals surface area contributed by atoms with Crippen molar-refractivity contribution in [3.8, 4) is 0 Å². The van der Waals surface area contributed by atoms with Crippen LogP contribution in [-0.2, 0) is 0 Å². The number of nitrogen functional groups attached to an aromatic ring is 1. The van der Waals surface area contributed by atoms with Gasteiger partial charge in [0, 0.05) is 17.7 Å². The lowest BCUT2D eigenvalue weighted by atomic mass is 10.0. The first-order valence-electron chi connectivity index (χ1n) is 4.34. The van der Waals surface area contributed by atoms with E-state index in [-0.39, 0.29) is 11.3 Å². The third-order valence-electron chi connectivity index (χ3n) is 1.89. The molecule has 1 aromatic carbocycles. The Morgan fingerprint density at radius 1 is 1.57 bits per heavy atom. The van der Waals surface area contributed by atoms with E-state index in [1.54, 1.807) is 6.08 Å². The first kappa shape index (κ1) is 10.4. The van der Waals surface area contributed by atoms with Gasteiger partial charge in [-0.25, -0.2) is 4.39 Å². The Balaban J connectivity index is 2.88. The monoisotopic (exact) mass is 193 g/mol. The number of carbonyl (C=O) groups excluding carboxylic acids is 1. The van der Waals surface area contributed by atoms with Crippen molar-refractivity contribution in [1.29, 1.82) is 0 Å². The molecule has 0 unspecified atom stereocenters. The number of carbonyl (C=O) groups is 1. The van der Waals surface area contributed by atoms with Gasteiger partial charge >= 0.3 is 0 Å². The molecule has 0 spiro atoms. The summed E-state index contributed by atoms with van der Waals surface area (Å²) in [4.78, 5) is 11.5. The molecular formula is C11H12FNO. The van der Waals surface area contributed by atoms with Crippen molar-refractivity contribution in [1.82, 2.24) is 0 Å². The van der Waals surface area contributed by atoms with Gasteiger partial charge in [0.25, 0.3) is 0 Å². The molecule has 0 aliphatic carbocycles. The van der Waals surface area contributed by atoms with Crippen LogP contribution in [0.15, 0.2) is 30.9 Å². The summed E-state index contributed by atoms with van der Waals surface area (Å²) >= 11 is 0. The summed E-state index contributed by atoms with van der Waals surface area (Å²) in [5, 5.41) is 0. The van der Waals surface area contributed by atoms with Crippen molar-refractivity contribution in [2.45, 2.75) is 12.8 Å². The summed E-state index contributed by atoms with van der Waals surface area (Å²) in [6, 6.07) is 3.80. The molecule has 0 saturated heterocycles. The Morgan fingerprint density at radius 2 is 2.29 bits per heavy atom. The first-order chi connectivity index (χ1) is 6.65. The molecule has 74 valence electrons. The normalized spacial score (nSPS) is 9.79. The molecule has 1 rings (SSSR count). The van der Waals surface area contributed by atoms with Crippen LogP contribution in [0.1, 0.15) is 23.2 Å². The number of rotatable bonds is 4. The molecule has 0 heterocycles. The summed E-state index contributed by atoms with van der Waals surface area (Å²) in [6.45, 7) is 3.51. The molecule has 2 nitrogen and oxygen atoms in total. The fraction of sp³-hybridized carbons (Fsp3) is 0.182. The molecule has 0 saturated carbocycles. The highest BCUT2D eigenvalue weighted by atomic mass is 19.1. The predicted octanol–water partition coefficient (Wildman–Crippen LogP) is 2.56. The van der Waals surface area contributed by atoms with E-state index >= 15 is 0 Å². The van der Waals surface area contributed by atoms with Crippen molar-refractivity contribution < 1.29 is 9.18 Å². The van der Waals surface area contributed by atoms with Crippen LogP contribution in [-0.4, -0.2) is 5.78 Å². The number of allylic oxidation sites excluding steroid dienone is 1. The van der Waals surface area contributed by atoms with Gasteiger partial charge in [-0.3, -0.25) is 4.79 Å². The quantitative estimate of drug-likeness (QED) is 0.453. The molecule has 0 radical (unpaired) electrons. The summed E-state index contributed by atoms with van der Waals surface area (Å²) in [5.41, 5.74) is 6.12. The summed E-state index contributed by atoms with van der Waals surface area (Å²) in [6.07, 6.45) is 2.54. The number of ketones is 1. The summed E-state index contributed by atoms with van der Waals surface area (Å²) < 4.78 is 12.8. The van der Waals surface area contributed by atoms with Gasteiger partial charge in [-0.2, -0.15) is 0 Å². The number of halogens is 1. The number of hydrogen-bond acceptors (Lipinski definition) is 2. The minimum absolute atomic E-state index is 0.151. The van der Waals surface area contributed by atoms with Crippen molar-refractivity contribution in [2.24, 2.45) is 0 Å². The molecule has 0 aliphatic heterocycles. The predicted molar refractivity (Wildman–Crippen MR) is 54.6 cm³/mol. The van der Waals surface area contributed by atoms with Gasteiger partial charge in [0.15, 0.2) is 5.78 Å². The van der Waals surface area contributed by atoms with Crippen LogP contribution >= 0.6 is 0 Å². The Bertz CT molecular complexity index is 360. The minimum Gasteiger partial charge on any atom is -0.398 e. The molecule has 0 atom stereocenters. The number of Topliss-reactive ketones (excluding diaryl/α,β-unsaturated/α-hetero) is 1. The fourth-order valence-electron chi connectivity index (χ4n) is 1.14. The maximum atomic E-state index is 12.8. The van der Waals surface area contributed by atoms with Gasteiger partial charge in [0.2, 0.25) is 0 Å². The van der Waals surface area contributed by atoms with Crippen molar-refractivity contribution in [3.63, 3.8) is 0 Å². The largest absolute Gasteiger partial charge is 0.398 e. The summed E-state index contributed by atoms with van der Waals surface area (Å²) in [5.74, 6) is -0.594. The molecule has 2 N–H and O–H groups in total. The number of nitrogens with two attached hydrogens (primary N) is 1. The highest BCUT2D eigenvalue weighted by Gasteiger charge is 2.09. The molecule has 1 aromatic rings. The first-order valence-corrected chi connectivity index (χ1v) is 4.34. The van der Waals surface area contributed by atoms with Gasteiger partial charge in [-0.15, -0.1) is 6.58 Å². The van der Waals surface area contributed by atoms with E-state index in [0.717, 1.165) is 0 Å². The molecule has 0 aliphatic rings. The molecule has 3 heteroatoms. The van der Waals surface area contributed by atoms with Crippen LogP contribution < -0.4 is 5.73 Å². The van der Waals surface area contributed by atoms with Gasteiger partial charge in [0.05, 0.1) is 0 Å². The average Bonchev–Trinajstić information content (AvgIpc) is 2.18. The van der Waals surface area contributed by atoms with Crippen LogP contribution in [0.2, 0.25) is 0 Å². The SMILES string of the molecule is C=CCCC(=O)c1cc(F)ccc1N. The second kappa shape index (κ2) is 4.56. The van der Waals surface area contributed by atoms with Crippen molar-refractivity contribution in [2.75, 3.05) is 5.73 Å². The smallest absolute Gasteiger partial charge is 0.165 e. The van der Waals surface area contributed by atoms with Gasteiger partial charge < -0.3 is 5.73 Å². The zero-order valence-electron chi connectivity index (χ0n) is 7.79. The van der Waals surface area contributed by atoms with Crippen LogP contribution in [0.4, 0.5) is 10.1 Å². The number of anilines is 1. The lowest BCUT2D eigenvalue weighted by Crippen LogP contribution is -2.03. The fourth-order valence-corrected chi connectivity index (χ4v) is 1.14. The molecule has 0 aromatic heterocycles. The Hall–Kier alpha value is -1.64. The van der Waals surface area contributed by atoms with Gasteiger partial charge in [-0.1, -0.05) is 6.08 Å². The standard InChI is InChI=1S/C11H12FNO/c1-2-3-4-11(14)9-7-8(12)5-6-10(9)13/h2,5-7H,1,3-4,13H2. The molecule has 0 fully saturated rings. The van der Waals surface area contributed by atoms with Crippen LogP contribution in [0.5, 0.6) is 0 Å². The molecule has 14 heavy (non-hydrogen) atoms. The third kappa shape index (κ3) is 2.42. The molecule has 0 amide bonds. The zero-order chi connectivity index (χ0) is 10.6. The van der Waals surface area contributed by atoms with Crippen LogP contribution in [0, 0.1) is 5.82 Å². The third-order valence-corrected chi connectivity index (χ3v) is 1.89. The van der Waals surface area contributed by atoms with E-state index in [4.69, 9.17) is 5.73 Å². The van der Waals surface area contributed by atoms with E-state index in [1.807, 2.05) is 0 Å².